The first kappa shape index (κ1) is 13.8. The zero-order valence-electron chi connectivity index (χ0n) is 10.9. The van der Waals surface area contributed by atoms with E-state index in [9.17, 15) is 4.79 Å². The minimum atomic E-state index is -0.782. The molecular weight excluding hydrogens is 218 g/mol. The van der Waals surface area contributed by atoms with E-state index >= 15 is 0 Å². The minimum absolute atomic E-state index is 0.0387. The van der Waals surface area contributed by atoms with Crippen molar-refractivity contribution in [2.75, 3.05) is 0 Å². The van der Waals surface area contributed by atoms with Crippen molar-refractivity contribution in [2.45, 2.75) is 52.5 Å². The molecule has 0 saturated heterocycles. The number of nitrogens with one attached hydrogen (secondary N) is 1. The Morgan fingerprint density at radius 3 is 2.65 bits per heavy atom. The molecule has 5 nitrogen and oxygen atoms in total. The summed E-state index contributed by atoms with van der Waals surface area (Å²) in [7, 11) is 0. The Labute approximate surface area is 102 Å². The molecule has 1 atom stereocenters. The molecule has 1 saturated carbocycles. The third-order valence-corrected chi connectivity index (χ3v) is 3.53. The van der Waals surface area contributed by atoms with E-state index in [4.69, 9.17) is 10.9 Å². The maximum atomic E-state index is 12.2. The molecule has 5 heteroatoms. The highest BCUT2D eigenvalue weighted by atomic mass is 16.4. The number of nitrogens with zero attached hydrogens (tertiary/aromatic N) is 1. The van der Waals surface area contributed by atoms with Gasteiger partial charge in [-0.15, -0.1) is 0 Å². The van der Waals surface area contributed by atoms with E-state index in [1.165, 1.54) is 0 Å². The van der Waals surface area contributed by atoms with Gasteiger partial charge in [-0.1, -0.05) is 25.4 Å². The highest BCUT2D eigenvalue weighted by Gasteiger charge is 2.52. The fourth-order valence-corrected chi connectivity index (χ4v) is 2.60. The number of carbonyl (C=O) groups is 1. The maximum absolute atomic E-state index is 12.2. The van der Waals surface area contributed by atoms with Crippen molar-refractivity contribution in [1.82, 2.24) is 5.32 Å². The molecule has 0 aromatic carbocycles. The van der Waals surface area contributed by atoms with Crippen LogP contribution in [0.3, 0.4) is 0 Å². The number of hydrogen-bond acceptors (Lipinski definition) is 3. The van der Waals surface area contributed by atoms with Gasteiger partial charge in [0.15, 0.2) is 5.84 Å². The Morgan fingerprint density at radius 2 is 2.24 bits per heavy atom. The number of amidine groups is 1. The van der Waals surface area contributed by atoms with Crippen molar-refractivity contribution in [3.05, 3.63) is 0 Å². The Morgan fingerprint density at radius 1 is 1.65 bits per heavy atom. The Hall–Kier alpha value is -1.26. The molecule has 0 aliphatic heterocycles. The molecule has 1 amide bonds. The van der Waals surface area contributed by atoms with Crippen molar-refractivity contribution in [3.63, 3.8) is 0 Å². The molecule has 1 fully saturated rings. The van der Waals surface area contributed by atoms with Gasteiger partial charge in [-0.2, -0.15) is 0 Å². The summed E-state index contributed by atoms with van der Waals surface area (Å²) in [6.07, 6.45) is 3.28. The summed E-state index contributed by atoms with van der Waals surface area (Å²) >= 11 is 0. The monoisotopic (exact) mass is 241 g/mol. The predicted molar refractivity (Wildman–Crippen MR) is 66.8 cm³/mol. The van der Waals surface area contributed by atoms with Gasteiger partial charge < -0.3 is 16.3 Å². The minimum Gasteiger partial charge on any atom is -0.409 e. The SMILES string of the molecule is CCCC(C)NC(=O)C1(C(N)=NO)CC(C)C1. The smallest absolute Gasteiger partial charge is 0.234 e. The van der Waals surface area contributed by atoms with E-state index < -0.39 is 5.41 Å². The number of nitrogens with two attached hydrogens (primary N) is 1. The van der Waals surface area contributed by atoms with E-state index in [0.29, 0.717) is 18.8 Å². The fourth-order valence-electron chi connectivity index (χ4n) is 2.60. The lowest BCUT2D eigenvalue weighted by Crippen LogP contribution is -2.58. The first-order valence-electron chi connectivity index (χ1n) is 6.25. The van der Waals surface area contributed by atoms with Crippen LogP contribution in [0, 0.1) is 11.3 Å². The van der Waals surface area contributed by atoms with Crippen LogP contribution in [0.5, 0.6) is 0 Å². The quantitative estimate of drug-likeness (QED) is 0.295. The van der Waals surface area contributed by atoms with Gasteiger partial charge in [0.05, 0.1) is 0 Å². The van der Waals surface area contributed by atoms with Crippen LogP contribution in [0.15, 0.2) is 5.16 Å². The van der Waals surface area contributed by atoms with E-state index in [2.05, 4.69) is 24.3 Å². The van der Waals surface area contributed by atoms with E-state index in [1.54, 1.807) is 0 Å². The number of hydrogen-bond donors (Lipinski definition) is 3. The highest BCUT2D eigenvalue weighted by Crippen LogP contribution is 2.45. The summed E-state index contributed by atoms with van der Waals surface area (Å²) < 4.78 is 0. The van der Waals surface area contributed by atoms with Crippen LogP contribution in [0.2, 0.25) is 0 Å². The number of carbonyl (C=O) groups excluding carboxylic acids is 1. The third kappa shape index (κ3) is 2.70. The molecule has 1 aliphatic carbocycles. The summed E-state index contributed by atoms with van der Waals surface area (Å²) in [4.78, 5) is 12.2. The molecule has 0 radical (unpaired) electrons. The van der Waals surface area contributed by atoms with Crippen molar-refractivity contribution in [3.8, 4) is 0 Å². The molecule has 98 valence electrons. The van der Waals surface area contributed by atoms with Gasteiger partial charge in [-0.05, 0) is 32.1 Å². The van der Waals surface area contributed by atoms with Gasteiger partial charge in [0.25, 0.3) is 0 Å². The largest absolute Gasteiger partial charge is 0.409 e. The van der Waals surface area contributed by atoms with Crippen LogP contribution in [-0.4, -0.2) is 23.0 Å². The number of rotatable bonds is 5. The van der Waals surface area contributed by atoms with Gasteiger partial charge in [0.1, 0.15) is 5.41 Å². The van der Waals surface area contributed by atoms with Crippen LogP contribution in [0.4, 0.5) is 0 Å². The molecule has 17 heavy (non-hydrogen) atoms. The summed E-state index contributed by atoms with van der Waals surface area (Å²) in [6.45, 7) is 6.11. The van der Waals surface area contributed by atoms with Crippen molar-refractivity contribution in [1.29, 1.82) is 0 Å². The number of amides is 1. The lowest BCUT2D eigenvalue weighted by Gasteiger charge is -2.44. The number of oxime groups is 1. The molecule has 1 rings (SSSR count). The molecular formula is C12H23N3O2. The highest BCUT2D eigenvalue weighted by molar-refractivity contribution is 6.07. The summed E-state index contributed by atoms with van der Waals surface area (Å²) in [5.74, 6) is 0.381. The molecule has 1 aliphatic rings. The first-order valence-corrected chi connectivity index (χ1v) is 6.25. The van der Waals surface area contributed by atoms with Crippen LogP contribution >= 0.6 is 0 Å². The fraction of sp³-hybridized carbons (Fsp3) is 0.833. The van der Waals surface area contributed by atoms with Gasteiger partial charge in [0.2, 0.25) is 5.91 Å². The second kappa shape index (κ2) is 5.38. The Kier molecular flexibility index (Phi) is 4.37. The molecule has 0 aromatic heterocycles. The average Bonchev–Trinajstić information content (AvgIpc) is 2.23. The van der Waals surface area contributed by atoms with Crippen molar-refractivity contribution in [2.24, 2.45) is 22.2 Å². The van der Waals surface area contributed by atoms with Crippen LogP contribution in [-0.2, 0) is 4.79 Å². The van der Waals surface area contributed by atoms with E-state index in [-0.39, 0.29) is 17.8 Å². The van der Waals surface area contributed by atoms with Gasteiger partial charge in [-0.3, -0.25) is 4.79 Å². The molecule has 0 spiro atoms. The lowest BCUT2D eigenvalue weighted by atomic mass is 9.61. The topological polar surface area (TPSA) is 87.7 Å². The standard InChI is InChI=1S/C12H23N3O2/c1-4-5-9(3)14-11(16)12(10(13)15-17)6-8(2)7-12/h8-9,17H,4-7H2,1-3H3,(H2,13,15)(H,14,16). The zero-order chi connectivity index (χ0) is 13.1. The molecule has 4 N–H and O–H groups in total. The Balaban J connectivity index is 2.70. The zero-order valence-corrected chi connectivity index (χ0v) is 10.9. The molecule has 0 bridgehead atoms. The van der Waals surface area contributed by atoms with E-state index in [0.717, 1.165) is 12.8 Å². The van der Waals surface area contributed by atoms with Crippen molar-refractivity contribution >= 4 is 11.7 Å². The molecule has 1 unspecified atom stereocenters. The normalized spacial score (nSPS) is 30.5. The van der Waals surface area contributed by atoms with Gasteiger partial charge in [0, 0.05) is 6.04 Å². The summed E-state index contributed by atoms with van der Waals surface area (Å²) in [6, 6.07) is 0.131. The average molecular weight is 241 g/mol. The first-order chi connectivity index (χ1) is 7.96. The van der Waals surface area contributed by atoms with Crippen LogP contribution in [0.1, 0.15) is 46.5 Å². The third-order valence-electron chi connectivity index (χ3n) is 3.53. The summed E-state index contributed by atoms with van der Waals surface area (Å²) in [5, 5.41) is 14.8. The molecule has 0 heterocycles. The van der Waals surface area contributed by atoms with Crippen LogP contribution < -0.4 is 11.1 Å². The van der Waals surface area contributed by atoms with Gasteiger partial charge >= 0.3 is 0 Å². The Bertz CT molecular complexity index is 309. The van der Waals surface area contributed by atoms with E-state index in [1.807, 2.05) is 6.92 Å². The second-order valence-corrected chi connectivity index (χ2v) is 5.24. The van der Waals surface area contributed by atoms with Crippen LogP contribution in [0.25, 0.3) is 0 Å². The van der Waals surface area contributed by atoms with Gasteiger partial charge in [-0.25, -0.2) is 0 Å². The predicted octanol–water partition coefficient (Wildman–Crippen LogP) is 1.45. The lowest BCUT2D eigenvalue weighted by molar-refractivity contribution is -0.133. The maximum Gasteiger partial charge on any atom is 0.234 e. The van der Waals surface area contributed by atoms with Crippen molar-refractivity contribution < 1.29 is 10.0 Å². The summed E-state index contributed by atoms with van der Waals surface area (Å²) in [5.41, 5.74) is 4.88. The molecule has 0 aromatic rings. The second-order valence-electron chi connectivity index (χ2n) is 5.24.